The predicted molar refractivity (Wildman–Crippen MR) is 73.0 cm³/mol. The standard InChI is InChI=1S/C13H18BrNO2/c1-3-11(9-14)15-13(16)10-5-7-12(8-6-10)17-4-2/h5-8,11H,3-4,9H2,1-2H3,(H,15,16). The zero-order valence-electron chi connectivity index (χ0n) is 10.2. The summed E-state index contributed by atoms with van der Waals surface area (Å²) in [4.78, 5) is 11.9. The number of alkyl halides is 1. The fraction of sp³-hybridized carbons (Fsp3) is 0.462. The molecular weight excluding hydrogens is 282 g/mol. The van der Waals surface area contributed by atoms with Crippen LogP contribution in [-0.4, -0.2) is 23.9 Å². The van der Waals surface area contributed by atoms with Gasteiger partial charge in [0.15, 0.2) is 0 Å². The Morgan fingerprint density at radius 1 is 1.35 bits per heavy atom. The summed E-state index contributed by atoms with van der Waals surface area (Å²) in [5.74, 6) is 0.746. The quantitative estimate of drug-likeness (QED) is 0.820. The molecule has 0 aliphatic heterocycles. The zero-order chi connectivity index (χ0) is 12.7. The summed E-state index contributed by atoms with van der Waals surface area (Å²) in [7, 11) is 0. The molecule has 0 heterocycles. The fourth-order valence-electron chi connectivity index (χ4n) is 1.39. The van der Waals surface area contributed by atoms with Gasteiger partial charge in [-0.3, -0.25) is 4.79 Å². The summed E-state index contributed by atoms with van der Waals surface area (Å²) in [6.07, 6.45) is 0.911. The lowest BCUT2D eigenvalue weighted by Gasteiger charge is -2.14. The zero-order valence-corrected chi connectivity index (χ0v) is 11.8. The van der Waals surface area contributed by atoms with Crippen molar-refractivity contribution < 1.29 is 9.53 Å². The van der Waals surface area contributed by atoms with Gasteiger partial charge >= 0.3 is 0 Å². The summed E-state index contributed by atoms with van der Waals surface area (Å²) < 4.78 is 5.32. The van der Waals surface area contributed by atoms with Gasteiger partial charge in [0.05, 0.1) is 6.61 Å². The van der Waals surface area contributed by atoms with Gasteiger partial charge in [0.2, 0.25) is 0 Å². The molecule has 0 saturated heterocycles. The molecule has 1 amide bonds. The maximum atomic E-state index is 11.9. The number of amides is 1. The SMILES string of the molecule is CCOc1ccc(C(=O)NC(CC)CBr)cc1. The van der Waals surface area contributed by atoms with Crippen LogP contribution in [-0.2, 0) is 0 Å². The predicted octanol–water partition coefficient (Wildman–Crippen LogP) is 2.99. The van der Waals surface area contributed by atoms with E-state index < -0.39 is 0 Å². The number of carbonyl (C=O) groups is 1. The van der Waals surface area contributed by atoms with Gasteiger partial charge in [-0.25, -0.2) is 0 Å². The second kappa shape index (κ2) is 7.33. The first kappa shape index (κ1) is 14.0. The van der Waals surface area contributed by atoms with Gasteiger partial charge < -0.3 is 10.1 Å². The van der Waals surface area contributed by atoms with Crippen LogP contribution < -0.4 is 10.1 Å². The minimum absolute atomic E-state index is 0.0423. The second-order valence-corrected chi connectivity index (χ2v) is 4.34. The average Bonchev–Trinajstić information content (AvgIpc) is 2.37. The van der Waals surface area contributed by atoms with E-state index in [0.717, 1.165) is 17.5 Å². The highest BCUT2D eigenvalue weighted by Crippen LogP contribution is 2.12. The maximum absolute atomic E-state index is 11.9. The lowest BCUT2D eigenvalue weighted by atomic mass is 10.2. The molecule has 1 aromatic carbocycles. The molecule has 1 N–H and O–H groups in total. The highest BCUT2D eigenvalue weighted by molar-refractivity contribution is 9.09. The van der Waals surface area contributed by atoms with Gasteiger partial charge in [0, 0.05) is 16.9 Å². The number of hydrogen-bond donors (Lipinski definition) is 1. The van der Waals surface area contributed by atoms with E-state index in [0.29, 0.717) is 12.2 Å². The number of carbonyl (C=O) groups excluding carboxylic acids is 1. The van der Waals surface area contributed by atoms with E-state index in [1.807, 2.05) is 26.0 Å². The Bertz CT molecular complexity index is 347. The van der Waals surface area contributed by atoms with Crippen LogP contribution in [0.4, 0.5) is 0 Å². The van der Waals surface area contributed by atoms with Crippen molar-refractivity contribution in [1.82, 2.24) is 5.32 Å². The number of benzene rings is 1. The van der Waals surface area contributed by atoms with Crippen molar-refractivity contribution in [3.63, 3.8) is 0 Å². The van der Waals surface area contributed by atoms with E-state index in [1.165, 1.54) is 0 Å². The molecule has 94 valence electrons. The summed E-state index contributed by atoms with van der Waals surface area (Å²) in [5.41, 5.74) is 0.660. The van der Waals surface area contributed by atoms with Crippen molar-refractivity contribution in [3.8, 4) is 5.75 Å². The molecule has 0 aromatic heterocycles. The molecule has 0 fully saturated rings. The Balaban J connectivity index is 2.63. The van der Waals surface area contributed by atoms with E-state index in [4.69, 9.17) is 4.74 Å². The van der Waals surface area contributed by atoms with Gasteiger partial charge in [-0.15, -0.1) is 0 Å². The van der Waals surface area contributed by atoms with Crippen molar-refractivity contribution in [2.75, 3.05) is 11.9 Å². The summed E-state index contributed by atoms with van der Waals surface area (Å²) in [5, 5.41) is 3.73. The Morgan fingerprint density at radius 3 is 2.47 bits per heavy atom. The smallest absolute Gasteiger partial charge is 0.251 e. The Morgan fingerprint density at radius 2 is 2.00 bits per heavy atom. The molecule has 3 nitrogen and oxygen atoms in total. The molecule has 0 aliphatic rings. The molecule has 1 aromatic rings. The first-order chi connectivity index (χ1) is 8.21. The first-order valence-corrected chi connectivity index (χ1v) is 6.93. The van der Waals surface area contributed by atoms with E-state index in [-0.39, 0.29) is 11.9 Å². The Hall–Kier alpha value is -1.03. The van der Waals surface area contributed by atoms with Crippen molar-refractivity contribution in [2.45, 2.75) is 26.3 Å². The van der Waals surface area contributed by atoms with E-state index in [2.05, 4.69) is 21.2 Å². The third-order valence-corrected chi connectivity index (χ3v) is 3.22. The molecule has 4 heteroatoms. The lowest BCUT2D eigenvalue weighted by molar-refractivity contribution is 0.0940. The molecule has 1 atom stereocenters. The van der Waals surface area contributed by atoms with Gasteiger partial charge in [-0.2, -0.15) is 0 Å². The molecule has 17 heavy (non-hydrogen) atoms. The molecule has 1 rings (SSSR count). The van der Waals surface area contributed by atoms with Crippen molar-refractivity contribution in [1.29, 1.82) is 0 Å². The van der Waals surface area contributed by atoms with Crippen LogP contribution in [0.5, 0.6) is 5.75 Å². The van der Waals surface area contributed by atoms with Gasteiger partial charge in [0.25, 0.3) is 5.91 Å². The van der Waals surface area contributed by atoms with E-state index in [9.17, 15) is 4.79 Å². The van der Waals surface area contributed by atoms with Gasteiger partial charge in [-0.05, 0) is 37.6 Å². The maximum Gasteiger partial charge on any atom is 0.251 e. The number of hydrogen-bond acceptors (Lipinski definition) is 2. The average molecular weight is 300 g/mol. The number of nitrogens with one attached hydrogen (secondary N) is 1. The normalized spacial score (nSPS) is 11.9. The van der Waals surface area contributed by atoms with Crippen LogP contribution in [0.3, 0.4) is 0 Å². The molecule has 0 bridgehead atoms. The monoisotopic (exact) mass is 299 g/mol. The number of ether oxygens (including phenoxy) is 1. The lowest BCUT2D eigenvalue weighted by Crippen LogP contribution is -2.35. The highest BCUT2D eigenvalue weighted by atomic mass is 79.9. The van der Waals surface area contributed by atoms with E-state index >= 15 is 0 Å². The molecule has 1 unspecified atom stereocenters. The minimum Gasteiger partial charge on any atom is -0.494 e. The summed E-state index contributed by atoms with van der Waals surface area (Å²) >= 11 is 3.37. The molecule has 0 aliphatic carbocycles. The molecule has 0 radical (unpaired) electrons. The third-order valence-electron chi connectivity index (χ3n) is 2.44. The topological polar surface area (TPSA) is 38.3 Å². The van der Waals surface area contributed by atoms with Crippen molar-refractivity contribution in [3.05, 3.63) is 29.8 Å². The Labute approximate surface area is 111 Å². The van der Waals surface area contributed by atoms with Crippen molar-refractivity contribution in [2.24, 2.45) is 0 Å². The van der Waals surface area contributed by atoms with Crippen LogP contribution in [0.25, 0.3) is 0 Å². The Kier molecular flexibility index (Phi) is 6.05. The summed E-state index contributed by atoms with van der Waals surface area (Å²) in [6.45, 7) is 4.61. The van der Waals surface area contributed by atoms with Crippen LogP contribution in [0.15, 0.2) is 24.3 Å². The molecular formula is C13H18BrNO2. The second-order valence-electron chi connectivity index (χ2n) is 3.69. The minimum atomic E-state index is -0.0423. The van der Waals surface area contributed by atoms with Gasteiger partial charge in [0.1, 0.15) is 5.75 Å². The third kappa shape index (κ3) is 4.38. The number of rotatable bonds is 6. The van der Waals surface area contributed by atoms with Crippen LogP contribution in [0.2, 0.25) is 0 Å². The van der Waals surface area contributed by atoms with Crippen molar-refractivity contribution >= 4 is 21.8 Å². The van der Waals surface area contributed by atoms with E-state index in [1.54, 1.807) is 12.1 Å². The largest absolute Gasteiger partial charge is 0.494 e. The fourth-order valence-corrected chi connectivity index (χ4v) is 2.01. The summed E-state index contributed by atoms with van der Waals surface area (Å²) in [6, 6.07) is 7.36. The molecule has 0 spiro atoms. The first-order valence-electron chi connectivity index (χ1n) is 5.80. The van der Waals surface area contributed by atoms with Gasteiger partial charge in [-0.1, -0.05) is 22.9 Å². The van der Waals surface area contributed by atoms with Crippen LogP contribution in [0, 0.1) is 0 Å². The van der Waals surface area contributed by atoms with Crippen LogP contribution >= 0.6 is 15.9 Å². The number of halogens is 1. The molecule has 0 saturated carbocycles. The van der Waals surface area contributed by atoms with Crippen LogP contribution in [0.1, 0.15) is 30.6 Å². The highest BCUT2D eigenvalue weighted by Gasteiger charge is 2.10.